The summed E-state index contributed by atoms with van der Waals surface area (Å²) >= 11 is 4.65. The number of ether oxygens (including phenoxy) is 1. The molecule has 1 aromatic heterocycles. The molecule has 0 N–H and O–H groups in total. The molecule has 0 aromatic carbocycles. The molecule has 18 heavy (non-hydrogen) atoms. The molecule has 1 fully saturated rings. The van der Waals surface area contributed by atoms with Crippen LogP contribution in [-0.4, -0.2) is 39.0 Å². The lowest BCUT2D eigenvalue weighted by Crippen LogP contribution is -2.35. The van der Waals surface area contributed by atoms with E-state index >= 15 is 0 Å². The van der Waals surface area contributed by atoms with Crippen LogP contribution in [0.2, 0.25) is 0 Å². The van der Waals surface area contributed by atoms with E-state index in [0.717, 1.165) is 22.2 Å². The molecule has 4 nitrogen and oxygen atoms in total. The average Bonchev–Trinajstić information content (AvgIpc) is 3.07. The number of aryl methyl sites for hydroxylation is 1. The molecule has 2 rings (SSSR count). The molecule has 0 aliphatic heterocycles. The van der Waals surface area contributed by atoms with E-state index in [1.54, 1.807) is 17.5 Å². The quantitative estimate of drug-likeness (QED) is 0.789. The van der Waals surface area contributed by atoms with Crippen LogP contribution in [0.4, 0.5) is 0 Å². The fourth-order valence-electron chi connectivity index (χ4n) is 1.72. The Morgan fingerprint density at radius 2 is 2.22 bits per heavy atom. The first-order valence-electron chi connectivity index (χ1n) is 5.73. The van der Waals surface area contributed by atoms with Crippen LogP contribution in [-0.2, 0) is 14.8 Å². The minimum Gasteiger partial charge on any atom is -0.383 e. The molecule has 0 amide bonds. The van der Waals surface area contributed by atoms with E-state index in [4.69, 9.17) is 4.74 Å². The molecule has 0 spiro atoms. The van der Waals surface area contributed by atoms with Crippen molar-refractivity contribution in [2.45, 2.75) is 30.0 Å². The van der Waals surface area contributed by atoms with Crippen LogP contribution in [0, 0.1) is 6.92 Å². The number of thiophene rings is 1. The fourth-order valence-corrected chi connectivity index (χ4v) is 5.74. The van der Waals surface area contributed by atoms with Crippen LogP contribution in [0.15, 0.2) is 14.1 Å². The minimum atomic E-state index is -3.37. The Bertz CT molecular complexity index is 503. The predicted octanol–water partition coefficient (Wildman–Crippen LogP) is 2.62. The number of rotatable bonds is 6. The maximum absolute atomic E-state index is 12.5. The maximum atomic E-state index is 12.5. The predicted molar refractivity (Wildman–Crippen MR) is 75.5 cm³/mol. The van der Waals surface area contributed by atoms with Crippen molar-refractivity contribution in [3.8, 4) is 0 Å². The van der Waals surface area contributed by atoms with Crippen LogP contribution in [0.3, 0.4) is 0 Å². The number of halogens is 1. The molecule has 0 bridgehead atoms. The summed E-state index contributed by atoms with van der Waals surface area (Å²) in [4.78, 5) is 0. The third kappa shape index (κ3) is 2.96. The summed E-state index contributed by atoms with van der Waals surface area (Å²) in [7, 11) is -1.78. The van der Waals surface area contributed by atoms with Gasteiger partial charge in [-0.15, -0.1) is 11.3 Å². The molecular formula is C11H16BrNO3S2. The Morgan fingerprint density at radius 3 is 2.67 bits per heavy atom. The van der Waals surface area contributed by atoms with Gasteiger partial charge in [0.15, 0.2) is 0 Å². The number of hydrogen-bond donors (Lipinski definition) is 0. The van der Waals surface area contributed by atoms with Crippen molar-refractivity contribution in [1.29, 1.82) is 0 Å². The first-order valence-corrected chi connectivity index (χ1v) is 8.78. The summed E-state index contributed by atoms with van der Waals surface area (Å²) in [6.07, 6.45) is 1.91. The van der Waals surface area contributed by atoms with Crippen LogP contribution in [0.5, 0.6) is 0 Å². The molecule has 1 aliphatic carbocycles. The van der Waals surface area contributed by atoms with Gasteiger partial charge >= 0.3 is 0 Å². The van der Waals surface area contributed by atoms with E-state index in [1.165, 1.54) is 11.3 Å². The highest BCUT2D eigenvalue weighted by atomic mass is 79.9. The van der Waals surface area contributed by atoms with Crippen LogP contribution < -0.4 is 0 Å². The molecule has 0 radical (unpaired) electrons. The van der Waals surface area contributed by atoms with Gasteiger partial charge in [0.25, 0.3) is 10.0 Å². The SMILES string of the molecule is COCCN(C1CC1)S(=O)(=O)c1cc(C)c(Br)s1. The van der Waals surface area contributed by atoms with E-state index in [0.29, 0.717) is 17.4 Å². The van der Waals surface area contributed by atoms with Gasteiger partial charge < -0.3 is 4.74 Å². The van der Waals surface area contributed by atoms with Gasteiger partial charge in [0.05, 0.1) is 10.4 Å². The fraction of sp³-hybridized carbons (Fsp3) is 0.636. The second kappa shape index (κ2) is 5.58. The van der Waals surface area contributed by atoms with E-state index in [1.807, 2.05) is 6.92 Å². The Morgan fingerprint density at radius 1 is 1.56 bits per heavy atom. The second-order valence-corrected chi connectivity index (χ2v) is 8.85. The summed E-state index contributed by atoms with van der Waals surface area (Å²) in [5.74, 6) is 0. The standard InChI is InChI=1S/C11H16BrNO3S2/c1-8-7-10(17-11(8)12)18(14,15)13(5-6-16-2)9-3-4-9/h7,9H,3-6H2,1-2H3. The zero-order chi connectivity index (χ0) is 13.3. The molecule has 7 heteroatoms. The number of sulfonamides is 1. The summed E-state index contributed by atoms with van der Waals surface area (Å²) in [5, 5.41) is 0. The van der Waals surface area contributed by atoms with E-state index in [-0.39, 0.29) is 6.04 Å². The third-order valence-corrected chi connectivity index (χ3v) is 7.41. The Hall–Kier alpha value is 0.0500. The molecule has 0 unspecified atom stereocenters. The van der Waals surface area contributed by atoms with Gasteiger partial charge in [0.1, 0.15) is 4.21 Å². The first kappa shape index (κ1) is 14.5. The molecule has 0 atom stereocenters. The summed E-state index contributed by atoms with van der Waals surface area (Å²) in [6, 6.07) is 1.89. The highest BCUT2D eigenvalue weighted by Gasteiger charge is 2.38. The smallest absolute Gasteiger partial charge is 0.252 e. The average molecular weight is 354 g/mol. The highest BCUT2D eigenvalue weighted by molar-refractivity contribution is 9.11. The molecule has 1 heterocycles. The molecule has 0 saturated heterocycles. The highest BCUT2D eigenvalue weighted by Crippen LogP contribution is 2.36. The Labute approximate surface area is 120 Å². The van der Waals surface area contributed by atoms with Gasteiger partial charge in [-0.2, -0.15) is 4.31 Å². The van der Waals surface area contributed by atoms with Gasteiger partial charge in [-0.05, 0) is 47.3 Å². The van der Waals surface area contributed by atoms with E-state index in [9.17, 15) is 8.42 Å². The summed E-state index contributed by atoms with van der Waals surface area (Å²) in [5.41, 5.74) is 0.959. The summed E-state index contributed by atoms with van der Waals surface area (Å²) in [6.45, 7) is 2.76. The second-order valence-electron chi connectivity index (χ2n) is 4.36. The van der Waals surface area contributed by atoms with Crippen LogP contribution >= 0.6 is 27.3 Å². The lowest BCUT2D eigenvalue weighted by atomic mass is 10.4. The van der Waals surface area contributed by atoms with Crippen molar-refractivity contribution in [2.75, 3.05) is 20.3 Å². The van der Waals surface area contributed by atoms with Crippen molar-refractivity contribution in [3.63, 3.8) is 0 Å². The monoisotopic (exact) mass is 353 g/mol. The normalized spacial score (nSPS) is 16.4. The molecule has 1 aliphatic rings. The molecule has 1 saturated carbocycles. The van der Waals surface area contributed by atoms with Crippen molar-refractivity contribution >= 4 is 37.3 Å². The van der Waals surface area contributed by atoms with Crippen molar-refractivity contribution in [2.24, 2.45) is 0 Å². The topological polar surface area (TPSA) is 46.6 Å². The minimum absolute atomic E-state index is 0.159. The van der Waals surface area contributed by atoms with Gasteiger partial charge in [0.2, 0.25) is 0 Å². The zero-order valence-corrected chi connectivity index (χ0v) is 13.6. The van der Waals surface area contributed by atoms with Crippen molar-refractivity contribution in [1.82, 2.24) is 4.31 Å². The van der Waals surface area contributed by atoms with Gasteiger partial charge in [-0.1, -0.05) is 0 Å². The van der Waals surface area contributed by atoms with Crippen LogP contribution in [0.25, 0.3) is 0 Å². The van der Waals surface area contributed by atoms with Gasteiger partial charge in [-0.25, -0.2) is 8.42 Å². The summed E-state index contributed by atoms with van der Waals surface area (Å²) < 4.78 is 33.0. The van der Waals surface area contributed by atoms with Gasteiger partial charge in [0, 0.05) is 19.7 Å². The first-order chi connectivity index (χ1) is 8.46. The molecule has 102 valence electrons. The number of methoxy groups -OCH3 is 1. The van der Waals surface area contributed by atoms with Crippen molar-refractivity contribution < 1.29 is 13.2 Å². The van der Waals surface area contributed by atoms with E-state index in [2.05, 4.69) is 15.9 Å². The Kier molecular flexibility index (Phi) is 4.48. The molecule has 1 aromatic rings. The third-order valence-electron chi connectivity index (χ3n) is 2.87. The molecular weight excluding hydrogens is 338 g/mol. The van der Waals surface area contributed by atoms with E-state index < -0.39 is 10.0 Å². The number of nitrogens with zero attached hydrogens (tertiary/aromatic N) is 1. The van der Waals surface area contributed by atoms with Crippen molar-refractivity contribution in [3.05, 3.63) is 15.4 Å². The zero-order valence-electron chi connectivity index (χ0n) is 10.3. The Balaban J connectivity index is 2.26. The maximum Gasteiger partial charge on any atom is 0.252 e. The van der Waals surface area contributed by atoms with Gasteiger partial charge in [-0.3, -0.25) is 0 Å². The lowest BCUT2D eigenvalue weighted by molar-refractivity contribution is 0.177. The largest absolute Gasteiger partial charge is 0.383 e. The lowest BCUT2D eigenvalue weighted by Gasteiger charge is -2.20. The van der Waals surface area contributed by atoms with Crippen LogP contribution in [0.1, 0.15) is 18.4 Å². The number of hydrogen-bond acceptors (Lipinski definition) is 4.